The zero-order valence-electron chi connectivity index (χ0n) is 24.1. The number of hydrogen-bond acceptors (Lipinski definition) is 6. The van der Waals surface area contributed by atoms with E-state index in [4.69, 9.17) is 9.15 Å². The van der Waals surface area contributed by atoms with Crippen molar-refractivity contribution in [1.29, 1.82) is 0 Å². The molecule has 0 spiro atoms. The van der Waals surface area contributed by atoms with Gasteiger partial charge in [-0.1, -0.05) is 26.0 Å². The molecule has 0 bridgehead atoms. The lowest BCUT2D eigenvalue weighted by molar-refractivity contribution is 0.0945. The number of benzene rings is 3. The van der Waals surface area contributed by atoms with Crippen LogP contribution in [0.1, 0.15) is 46.0 Å². The van der Waals surface area contributed by atoms with Crippen LogP contribution in [-0.2, 0) is 13.2 Å². The maximum atomic E-state index is 13.6. The lowest BCUT2D eigenvalue weighted by atomic mass is 9.98. The van der Waals surface area contributed by atoms with Crippen LogP contribution in [0.25, 0.3) is 33.4 Å². The number of halogens is 1. The van der Waals surface area contributed by atoms with Gasteiger partial charge in [-0.25, -0.2) is 4.39 Å². The number of nitrogens with one attached hydrogen (secondary N) is 2. The third kappa shape index (κ3) is 6.57. The van der Waals surface area contributed by atoms with Crippen molar-refractivity contribution in [2.24, 2.45) is 5.92 Å². The first-order valence-corrected chi connectivity index (χ1v) is 13.9. The topological polar surface area (TPSA) is 114 Å². The summed E-state index contributed by atoms with van der Waals surface area (Å²) in [6.07, 6.45) is 0. The molecule has 0 fully saturated rings. The molecule has 2 amide bonds. The largest absolute Gasteiger partial charge is 0.487 e. The van der Waals surface area contributed by atoms with E-state index in [1.54, 1.807) is 54.6 Å². The van der Waals surface area contributed by atoms with E-state index in [9.17, 15) is 19.1 Å². The van der Waals surface area contributed by atoms with Gasteiger partial charge in [0.1, 0.15) is 29.5 Å². The van der Waals surface area contributed by atoms with Crippen molar-refractivity contribution < 1.29 is 28.2 Å². The molecular weight excluding hydrogens is 549 g/mol. The zero-order valence-corrected chi connectivity index (χ0v) is 24.1. The molecule has 2 heterocycles. The van der Waals surface area contributed by atoms with Gasteiger partial charge in [-0.15, -0.1) is 0 Å². The fourth-order valence-corrected chi connectivity index (χ4v) is 4.69. The normalized spacial score (nSPS) is 11.1. The Morgan fingerprint density at radius 2 is 1.70 bits per heavy atom. The van der Waals surface area contributed by atoms with Crippen molar-refractivity contribution >= 4 is 22.8 Å². The zero-order chi connectivity index (χ0) is 30.5. The molecule has 8 nitrogen and oxygen atoms in total. The quantitative estimate of drug-likeness (QED) is 0.183. The second-order valence-electron chi connectivity index (χ2n) is 10.5. The molecule has 43 heavy (non-hydrogen) atoms. The Labute approximate surface area is 248 Å². The molecule has 0 aliphatic rings. The highest BCUT2D eigenvalue weighted by Crippen LogP contribution is 2.38. The monoisotopic (exact) mass is 581 g/mol. The van der Waals surface area contributed by atoms with Gasteiger partial charge in [0, 0.05) is 35.7 Å². The molecule has 0 aliphatic heterocycles. The van der Waals surface area contributed by atoms with Crippen LogP contribution >= 0.6 is 0 Å². The molecule has 0 radical (unpaired) electrons. The number of nitrogens with zero attached hydrogens (tertiary/aromatic N) is 1. The highest BCUT2D eigenvalue weighted by molar-refractivity contribution is 6.12. The van der Waals surface area contributed by atoms with Gasteiger partial charge in [0.15, 0.2) is 0 Å². The second-order valence-corrected chi connectivity index (χ2v) is 10.5. The number of rotatable bonds is 10. The van der Waals surface area contributed by atoms with Crippen LogP contribution in [0.3, 0.4) is 0 Å². The summed E-state index contributed by atoms with van der Waals surface area (Å²) in [5.41, 5.74) is 4.27. The maximum Gasteiger partial charge on any atom is 0.255 e. The van der Waals surface area contributed by atoms with Gasteiger partial charge < -0.3 is 24.9 Å². The Balaban J connectivity index is 1.60. The third-order valence-corrected chi connectivity index (χ3v) is 6.87. The molecule has 0 saturated carbocycles. The predicted octanol–water partition coefficient (Wildman–Crippen LogP) is 6.12. The van der Waals surface area contributed by atoms with Gasteiger partial charge in [0.25, 0.3) is 11.8 Å². The van der Waals surface area contributed by atoms with E-state index in [0.717, 1.165) is 0 Å². The summed E-state index contributed by atoms with van der Waals surface area (Å²) in [6.45, 7) is 4.52. The molecule has 0 atom stereocenters. The van der Waals surface area contributed by atoms with Gasteiger partial charge in [-0.05, 0) is 78.2 Å². The fourth-order valence-electron chi connectivity index (χ4n) is 4.69. The SMILES string of the molecule is CNC(=O)c1c(-c2ccc(F)cc2)oc2ccc(-c3cc(C(=O)NCC(C)C)ccc3OCc3cccc(CO)n3)cc12. The third-order valence-electron chi connectivity index (χ3n) is 6.87. The van der Waals surface area contributed by atoms with Crippen LogP contribution in [-0.4, -0.2) is 35.5 Å². The first-order valence-electron chi connectivity index (χ1n) is 13.9. The van der Waals surface area contributed by atoms with Crippen molar-refractivity contribution in [1.82, 2.24) is 15.6 Å². The Hall–Kier alpha value is -5.02. The number of amides is 2. The lowest BCUT2D eigenvalue weighted by Gasteiger charge is -2.15. The first-order chi connectivity index (χ1) is 20.8. The predicted molar refractivity (Wildman–Crippen MR) is 162 cm³/mol. The van der Waals surface area contributed by atoms with Gasteiger partial charge in [0.05, 0.1) is 23.6 Å². The van der Waals surface area contributed by atoms with E-state index < -0.39 is 5.82 Å². The van der Waals surface area contributed by atoms with Crippen LogP contribution in [0.5, 0.6) is 5.75 Å². The van der Waals surface area contributed by atoms with E-state index in [2.05, 4.69) is 15.6 Å². The molecule has 0 saturated heterocycles. The van der Waals surface area contributed by atoms with E-state index >= 15 is 0 Å². The van der Waals surface area contributed by atoms with E-state index in [1.807, 2.05) is 26.0 Å². The Morgan fingerprint density at radius 1 is 0.953 bits per heavy atom. The first kappa shape index (κ1) is 29.5. The molecule has 5 rings (SSSR count). The van der Waals surface area contributed by atoms with E-state index in [0.29, 0.717) is 68.2 Å². The fraction of sp³-hybridized carbons (Fsp3) is 0.206. The minimum absolute atomic E-state index is 0.131. The van der Waals surface area contributed by atoms with Crippen molar-refractivity contribution in [3.05, 3.63) is 107 Å². The van der Waals surface area contributed by atoms with E-state index in [1.165, 1.54) is 19.2 Å². The summed E-state index contributed by atoms with van der Waals surface area (Å²) >= 11 is 0. The Kier molecular flexibility index (Phi) is 8.82. The number of carbonyl (C=O) groups is 2. The number of hydrogen-bond donors (Lipinski definition) is 3. The van der Waals surface area contributed by atoms with Crippen molar-refractivity contribution in [2.75, 3.05) is 13.6 Å². The van der Waals surface area contributed by atoms with Crippen LogP contribution in [0.4, 0.5) is 4.39 Å². The second kappa shape index (κ2) is 12.9. The van der Waals surface area contributed by atoms with Crippen molar-refractivity contribution in [3.63, 3.8) is 0 Å². The Morgan fingerprint density at radius 3 is 2.42 bits per heavy atom. The summed E-state index contributed by atoms with van der Waals surface area (Å²) in [5, 5.41) is 15.6. The molecular formula is C34H32FN3O5. The maximum absolute atomic E-state index is 13.6. The number of ether oxygens (including phenoxy) is 1. The molecule has 9 heteroatoms. The Bertz CT molecular complexity index is 1780. The smallest absolute Gasteiger partial charge is 0.255 e. The minimum atomic E-state index is -0.397. The van der Waals surface area contributed by atoms with Crippen LogP contribution in [0, 0.1) is 11.7 Å². The molecule has 0 unspecified atom stereocenters. The number of fused-ring (bicyclic) bond motifs is 1. The molecule has 0 aliphatic carbocycles. The summed E-state index contributed by atoms with van der Waals surface area (Å²) < 4.78 is 25.9. The van der Waals surface area contributed by atoms with Crippen molar-refractivity contribution in [3.8, 4) is 28.2 Å². The van der Waals surface area contributed by atoms with Crippen LogP contribution in [0.2, 0.25) is 0 Å². The molecule has 220 valence electrons. The summed E-state index contributed by atoms with van der Waals surface area (Å²) in [5.74, 6) is 0.137. The number of pyridine rings is 1. The summed E-state index contributed by atoms with van der Waals surface area (Å²) in [4.78, 5) is 30.5. The number of aliphatic hydroxyl groups excluding tert-OH is 1. The van der Waals surface area contributed by atoms with Gasteiger partial charge in [0.2, 0.25) is 0 Å². The van der Waals surface area contributed by atoms with Crippen molar-refractivity contribution in [2.45, 2.75) is 27.1 Å². The van der Waals surface area contributed by atoms with Gasteiger partial charge in [-0.2, -0.15) is 0 Å². The average Bonchev–Trinajstić information content (AvgIpc) is 3.41. The van der Waals surface area contributed by atoms with Gasteiger partial charge >= 0.3 is 0 Å². The lowest BCUT2D eigenvalue weighted by Crippen LogP contribution is -2.27. The number of carbonyl (C=O) groups excluding carboxylic acids is 2. The number of aromatic nitrogens is 1. The highest BCUT2D eigenvalue weighted by Gasteiger charge is 2.23. The minimum Gasteiger partial charge on any atom is -0.487 e. The molecule has 2 aromatic heterocycles. The number of aliphatic hydroxyl groups is 1. The highest BCUT2D eigenvalue weighted by atomic mass is 19.1. The number of furan rings is 1. The molecule has 3 aromatic carbocycles. The summed E-state index contributed by atoms with van der Waals surface area (Å²) in [6, 6.07) is 21.7. The average molecular weight is 582 g/mol. The van der Waals surface area contributed by atoms with Gasteiger partial charge in [-0.3, -0.25) is 14.6 Å². The van der Waals surface area contributed by atoms with Crippen LogP contribution in [0.15, 0.2) is 83.3 Å². The molecule has 3 N–H and O–H groups in total. The standard InChI is InChI=1S/C34H32FN3O5/c1-20(2)17-37-33(40)23-10-13-29(42-19-26-6-4-5-25(18-39)38-26)27(16-23)22-9-14-30-28(15-22)31(34(41)36-3)32(43-30)21-7-11-24(35)12-8-21/h4-16,20,39H,17-19H2,1-3H3,(H,36,41)(H,37,40). The summed E-state index contributed by atoms with van der Waals surface area (Å²) in [7, 11) is 1.53. The molecule has 5 aromatic rings. The van der Waals surface area contributed by atoms with E-state index in [-0.39, 0.29) is 30.9 Å². The van der Waals surface area contributed by atoms with Crippen LogP contribution < -0.4 is 15.4 Å².